The minimum atomic E-state index is -0.0169. The number of carbonyl (C=O) groups is 1. The first-order valence-corrected chi connectivity index (χ1v) is 11.9. The van der Waals surface area contributed by atoms with E-state index in [9.17, 15) is 9.59 Å². The van der Waals surface area contributed by atoms with Gasteiger partial charge in [-0.3, -0.25) is 14.2 Å². The van der Waals surface area contributed by atoms with E-state index in [0.29, 0.717) is 25.4 Å². The molecule has 170 valence electrons. The maximum Gasteiger partial charge on any atom is 0.255 e. The molecule has 4 rings (SSSR count). The van der Waals surface area contributed by atoms with Gasteiger partial charge in [-0.05, 0) is 70.2 Å². The number of hydrogen-bond donors (Lipinski definition) is 1. The lowest BCUT2D eigenvalue weighted by Crippen LogP contribution is -2.36. The van der Waals surface area contributed by atoms with Gasteiger partial charge in [-0.15, -0.1) is 0 Å². The molecule has 0 spiro atoms. The van der Waals surface area contributed by atoms with E-state index in [1.54, 1.807) is 4.57 Å². The summed E-state index contributed by atoms with van der Waals surface area (Å²) < 4.78 is 3.69. The monoisotopic (exact) mass is 434 g/mol. The van der Waals surface area contributed by atoms with Crippen molar-refractivity contribution in [3.8, 4) is 5.69 Å². The Morgan fingerprint density at radius 2 is 1.91 bits per heavy atom. The first-order chi connectivity index (χ1) is 15.4. The van der Waals surface area contributed by atoms with E-state index in [0.717, 1.165) is 51.9 Å². The first-order valence-electron chi connectivity index (χ1n) is 11.9. The molecule has 2 aromatic heterocycles. The van der Waals surface area contributed by atoms with Crippen LogP contribution in [0, 0.1) is 20.8 Å². The number of aromatic nitrogens is 3. The normalized spacial score (nSPS) is 14.8. The molecule has 0 radical (unpaired) electrons. The third kappa shape index (κ3) is 4.23. The van der Waals surface area contributed by atoms with Crippen molar-refractivity contribution in [2.24, 2.45) is 0 Å². The van der Waals surface area contributed by atoms with Gasteiger partial charge in [-0.2, -0.15) is 5.10 Å². The zero-order chi connectivity index (χ0) is 22.8. The van der Waals surface area contributed by atoms with Gasteiger partial charge in [-0.25, -0.2) is 4.68 Å². The van der Waals surface area contributed by atoms with Gasteiger partial charge in [0, 0.05) is 30.0 Å². The highest BCUT2D eigenvalue weighted by molar-refractivity contribution is 5.85. The zero-order valence-electron chi connectivity index (χ0n) is 19.7. The van der Waals surface area contributed by atoms with Crippen molar-refractivity contribution in [3.05, 3.63) is 57.0 Å². The molecule has 0 unspecified atom stereocenters. The van der Waals surface area contributed by atoms with Crippen molar-refractivity contribution in [2.45, 2.75) is 85.2 Å². The molecule has 1 aliphatic carbocycles. The van der Waals surface area contributed by atoms with Gasteiger partial charge >= 0.3 is 0 Å². The largest absolute Gasteiger partial charge is 0.353 e. The van der Waals surface area contributed by atoms with Crippen LogP contribution in [0.5, 0.6) is 0 Å². The fourth-order valence-electron chi connectivity index (χ4n) is 5.09. The van der Waals surface area contributed by atoms with E-state index in [4.69, 9.17) is 5.10 Å². The molecule has 1 N–H and O–H groups in total. The van der Waals surface area contributed by atoms with Crippen LogP contribution in [0.4, 0.5) is 0 Å². The molecular weight excluding hydrogens is 400 g/mol. The highest BCUT2D eigenvalue weighted by Gasteiger charge is 2.22. The molecule has 32 heavy (non-hydrogen) atoms. The highest BCUT2D eigenvalue weighted by Crippen LogP contribution is 2.27. The maximum atomic E-state index is 13.5. The summed E-state index contributed by atoms with van der Waals surface area (Å²) >= 11 is 0. The number of carbonyl (C=O) groups excluding carboxylic acids is 1. The standard InChI is InChI=1S/C26H34N4O2/c1-5-29-25-24(19(4)28-30(25)21-13-9-10-17(2)16-21)18(3)22(26(29)32)14-15-23(31)27-20-11-7-6-8-12-20/h9-10,13,16,20H,5-8,11-12,14-15H2,1-4H3,(H,27,31). The minimum Gasteiger partial charge on any atom is -0.353 e. The van der Waals surface area contributed by atoms with Crippen LogP contribution in [0.25, 0.3) is 16.7 Å². The summed E-state index contributed by atoms with van der Waals surface area (Å²) in [6.07, 6.45) is 6.56. The molecule has 1 fully saturated rings. The fourth-order valence-corrected chi connectivity index (χ4v) is 5.09. The number of aryl methyl sites for hydroxylation is 4. The third-order valence-electron chi connectivity index (χ3n) is 6.76. The molecule has 1 aromatic carbocycles. The molecule has 2 heterocycles. The van der Waals surface area contributed by atoms with Crippen molar-refractivity contribution in [2.75, 3.05) is 0 Å². The van der Waals surface area contributed by atoms with Gasteiger partial charge in [0.2, 0.25) is 5.91 Å². The Bertz CT molecular complexity index is 1200. The van der Waals surface area contributed by atoms with E-state index in [-0.39, 0.29) is 11.5 Å². The van der Waals surface area contributed by atoms with Crippen LogP contribution >= 0.6 is 0 Å². The van der Waals surface area contributed by atoms with Crippen molar-refractivity contribution in [3.63, 3.8) is 0 Å². The molecule has 3 aromatic rings. The summed E-state index contributed by atoms with van der Waals surface area (Å²) in [5.41, 5.74) is 5.47. The molecule has 1 saturated carbocycles. The summed E-state index contributed by atoms with van der Waals surface area (Å²) in [4.78, 5) is 26.1. The van der Waals surface area contributed by atoms with Crippen molar-refractivity contribution in [1.29, 1.82) is 0 Å². The van der Waals surface area contributed by atoms with Crippen molar-refractivity contribution < 1.29 is 4.79 Å². The smallest absolute Gasteiger partial charge is 0.255 e. The number of nitrogens with one attached hydrogen (secondary N) is 1. The van der Waals surface area contributed by atoms with E-state index in [1.807, 2.05) is 37.6 Å². The number of pyridine rings is 1. The number of fused-ring (bicyclic) bond motifs is 1. The molecule has 0 saturated heterocycles. The summed E-state index contributed by atoms with van der Waals surface area (Å²) in [6.45, 7) is 8.57. The van der Waals surface area contributed by atoms with Crippen LogP contribution in [-0.2, 0) is 17.8 Å². The molecule has 0 atom stereocenters. The minimum absolute atomic E-state index is 0.0169. The van der Waals surface area contributed by atoms with Gasteiger partial charge in [0.15, 0.2) is 0 Å². The lowest BCUT2D eigenvalue weighted by Gasteiger charge is -2.22. The molecule has 6 nitrogen and oxygen atoms in total. The lowest BCUT2D eigenvalue weighted by molar-refractivity contribution is -0.121. The molecule has 6 heteroatoms. The zero-order valence-corrected chi connectivity index (χ0v) is 19.7. The number of nitrogens with zero attached hydrogens (tertiary/aromatic N) is 3. The highest BCUT2D eigenvalue weighted by atomic mass is 16.1. The van der Waals surface area contributed by atoms with Crippen molar-refractivity contribution in [1.82, 2.24) is 19.7 Å². The second-order valence-electron chi connectivity index (χ2n) is 9.09. The van der Waals surface area contributed by atoms with E-state index >= 15 is 0 Å². The summed E-state index contributed by atoms with van der Waals surface area (Å²) in [6, 6.07) is 8.45. The summed E-state index contributed by atoms with van der Waals surface area (Å²) in [7, 11) is 0. The molecule has 0 bridgehead atoms. The predicted molar refractivity (Wildman–Crippen MR) is 129 cm³/mol. The van der Waals surface area contributed by atoms with Gasteiger partial charge < -0.3 is 5.32 Å². The quantitative estimate of drug-likeness (QED) is 0.620. The van der Waals surface area contributed by atoms with Crippen LogP contribution in [0.1, 0.15) is 67.8 Å². The molecule has 1 aliphatic rings. The molecule has 0 aliphatic heterocycles. The van der Waals surface area contributed by atoms with Crippen LogP contribution in [-0.4, -0.2) is 26.3 Å². The Labute approximate surface area is 189 Å². The SMILES string of the molecule is CCn1c(=O)c(CCC(=O)NC2CCCCC2)c(C)c2c(C)nn(-c3cccc(C)c3)c21. The Balaban J connectivity index is 1.70. The number of benzene rings is 1. The maximum absolute atomic E-state index is 13.5. The van der Waals surface area contributed by atoms with Gasteiger partial charge in [0.25, 0.3) is 5.56 Å². The van der Waals surface area contributed by atoms with E-state index in [2.05, 4.69) is 24.4 Å². The first kappa shape index (κ1) is 22.3. The van der Waals surface area contributed by atoms with Crippen LogP contribution < -0.4 is 10.9 Å². The van der Waals surface area contributed by atoms with E-state index < -0.39 is 0 Å². The fraction of sp³-hybridized carbons (Fsp3) is 0.500. The van der Waals surface area contributed by atoms with Gasteiger partial charge in [0.1, 0.15) is 5.65 Å². The average molecular weight is 435 g/mol. The Morgan fingerprint density at radius 3 is 2.59 bits per heavy atom. The molecule has 1 amide bonds. The Hall–Kier alpha value is -2.89. The Morgan fingerprint density at radius 1 is 1.16 bits per heavy atom. The van der Waals surface area contributed by atoms with Gasteiger partial charge in [0.05, 0.1) is 11.4 Å². The van der Waals surface area contributed by atoms with Gasteiger partial charge in [-0.1, -0.05) is 31.4 Å². The predicted octanol–water partition coefficient (Wildman–Crippen LogP) is 4.51. The lowest BCUT2D eigenvalue weighted by atomic mass is 9.95. The van der Waals surface area contributed by atoms with Crippen LogP contribution in [0.3, 0.4) is 0 Å². The van der Waals surface area contributed by atoms with Crippen LogP contribution in [0.15, 0.2) is 29.1 Å². The average Bonchev–Trinajstić information content (AvgIpc) is 3.12. The number of amides is 1. The second kappa shape index (κ2) is 9.31. The summed E-state index contributed by atoms with van der Waals surface area (Å²) in [5, 5.41) is 8.98. The third-order valence-corrected chi connectivity index (χ3v) is 6.76. The van der Waals surface area contributed by atoms with E-state index in [1.165, 1.54) is 19.3 Å². The van der Waals surface area contributed by atoms with Crippen molar-refractivity contribution >= 4 is 16.9 Å². The number of hydrogen-bond acceptors (Lipinski definition) is 3. The topological polar surface area (TPSA) is 68.9 Å². The second-order valence-corrected chi connectivity index (χ2v) is 9.09. The van der Waals surface area contributed by atoms with Crippen LogP contribution in [0.2, 0.25) is 0 Å². The molecular formula is C26H34N4O2. The summed E-state index contributed by atoms with van der Waals surface area (Å²) in [5.74, 6) is 0.0472. The Kier molecular flexibility index (Phi) is 6.49. The number of rotatable bonds is 6.